The molecule has 0 saturated heterocycles. The molecule has 0 aliphatic carbocycles. The Kier molecular flexibility index (Phi) is 5.65. The highest BCUT2D eigenvalue weighted by Crippen LogP contribution is 2.23. The second-order valence-corrected chi connectivity index (χ2v) is 7.21. The summed E-state index contributed by atoms with van der Waals surface area (Å²) in [6.45, 7) is 5.77. The lowest BCUT2D eigenvalue weighted by molar-refractivity contribution is 0.0600. The second-order valence-electron chi connectivity index (χ2n) is 6.42. The average Bonchev–Trinajstić information content (AvgIpc) is 2.96. The smallest absolute Gasteiger partial charge is 0.337 e. The lowest BCUT2D eigenvalue weighted by atomic mass is 10.1. The van der Waals surface area contributed by atoms with Crippen molar-refractivity contribution in [3.05, 3.63) is 75.0 Å². The Balaban J connectivity index is 1.82. The summed E-state index contributed by atoms with van der Waals surface area (Å²) in [4.78, 5) is 24.3. The number of halogens is 1. The van der Waals surface area contributed by atoms with Gasteiger partial charge in [-0.05, 0) is 78.7 Å². The molecule has 1 aromatic heterocycles. The zero-order valence-electron chi connectivity index (χ0n) is 16.0. The van der Waals surface area contributed by atoms with E-state index in [0.29, 0.717) is 16.8 Å². The maximum Gasteiger partial charge on any atom is 0.337 e. The largest absolute Gasteiger partial charge is 0.465 e. The minimum absolute atomic E-state index is 0.258. The molecule has 0 bridgehead atoms. The molecule has 6 nitrogen and oxygen atoms in total. The van der Waals surface area contributed by atoms with Crippen molar-refractivity contribution in [3.8, 4) is 5.69 Å². The number of hydrogen-bond donors (Lipinski definition) is 1. The van der Waals surface area contributed by atoms with Crippen LogP contribution >= 0.6 is 15.9 Å². The highest BCUT2D eigenvalue weighted by atomic mass is 79.9. The number of aryl methyl sites for hydroxylation is 2. The molecule has 28 heavy (non-hydrogen) atoms. The highest BCUT2D eigenvalue weighted by molar-refractivity contribution is 9.10. The molecule has 0 aliphatic rings. The van der Waals surface area contributed by atoms with E-state index in [1.54, 1.807) is 30.3 Å². The number of methoxy groups -OCH3 is 1. The van der Waals surface area contributed by atoms with Gasteiger partial charge in [-0.2, -0.15) is 5.10 Å². The van der Waals surface area contributed by atoms with E-state index in [9.17, 15) is 9.59 Å². The molecule has 0 atom stereocenters. The minimum Gasteiger partial charge on any atom is -0.465 e. The van der Waals surface area contributed by atoms with Crippen LogP contribution in [0.15, 0.2) is 46.9 Å². The summed E-state index contributed by atoms with van der Waals surface area (Å²) in [7, 11) is 1.32. The molecule has 2 aromatic carbocycles. The van der Waals surface area contributed by atoms with Gasteiger partial charge in [0.15, 0.2) is 0 Å². The van der Waals surface area contributed by atoms with Crippen molar-refractivity contribution in [1.29, 1.82) is 0 Å². The van der Waals surface area contributed by atoms with Gasteiger partial charge in [0, 0.05) is 11.3 Å². The third-order valence-electron chi connectivity index (χ3n) is 4.48. The summed E-state index contributed by atoms with van der Waals surface area (Å²) in [5, 5.41) is 7.35. The van der Waals surface area contributed by atoms with Crippen molar-refractivity contribution in [2.75, 3.05) is 12.4 Å². The Morgan fingerprint density at radius 1 is 1.04 bits per heavy atom. The molecule has 3 aromatic rings. The Labute approximate surface area is 171 Å². The van der Waals surface area contributed by atoms with Gasteiger partial charge in [-0.15, -0.1) is 0 Å². The van der Waals surface area contributed by atoms with Gasteiger partial charge in [0.2, 0.25) is 0 Å². The first-order valence-electron chi connectivity index (χ1n) is 8.64. The van der Waals surface area contributed by atoms with Crippen molar-refractivity contribution in [3.63, 3.8) is 0 Å². The number of aromatic nitrogens is 2. The van der Waals surface area contributed by atoms with Crippen LogP contribution in [0.4, 0.5) is 5.69 Å². The van der Waals surface area contributed by atoms with Crippen LogP contribution in [0.5, 0.6) is 0 Å². The number of anilines is 1. The van der Waals surface area contributed by atoms with Crippen molar-refractivity contribution in [2.24, 2.45) is 0 Å². The van der Waals surface area contributed by atoms with E-state index < -0.39 is 5.97 Å². The van der Waals surface area contributed by atoms with Crippen molar-refractivity contribution in [2.45, 2.75) is 20.8 Å². The fourth-order valence-corrected chi connectivity index (χ4v) is 3.07. The van der Waals surface area contributed by atoms with Gasteiger partial charge in [-0.3, -0.25) is 4.79 Å². The lowest BCUT2D eigenvalue weighted by Gasteiger charge is -2.11. The van der Waals surface area contributed by atoms with E-state index in [-0.39, 0.29) is 5.91 Å². The first-order chi connectivity index (χ1) is 13.3. The Morgan fingerprint density at radius 3 is 2.25 bits per heavy atom. The van der Waals surface area contributed by atoms with Gasteiger partial charge in [0.25, 0.3) is 5.91 Å². The van der Waals surface area contributed by atoms with Crippen LogP contribution in [0, 0.1) is 20.8 Å². The number of amides is 1. The van der Waals surface area contributed by atoms with E-state index in [1.165, 1.54) is 7.11 Å². The number of carbonyl (C=O) groups excluding carboxylic acids is 2. The molecule has 3 rings (SSSR count). The molecule has 0 aliphatic heterocycles. The number of hydrogen-bond acceptors (Lipinski definition) is 4. The molecule has 7 heteroatoms. The van der Waals surface area contributed by atoms with E-state index >= 15 is 0 Å². The average molecular weight is 442 g/mol. The summed E-state index contributed by atoms with van der Waals surface area (Å²) in [6, 6.07) is 12.2. The normalized spacial score (nSPS) is 10.6. The molecule has 144 valence electrons. The van der Waals surface area contributed by atoms with Crippen LogP contribution in [-0.4, -0.2) is 28.8 Å². The van der Waals surface area contributed by atoms with Gasteiger partial charge in [-0.25, -0.2) is 9.48 Å². The number of esters is 1. The Morgan fingerprint density at radius 2 is 1.68 bits per heavy atom. The fraction of sp³-hybridized carbons (Fsp3) is 0.190. The predicted molar refractivity (Wildman–Crippen MR) is 111 cm³/mol. The molecule has 1 N–H and O–H groups in total. The van der Waals surface area contributed by atoms with Crippen molar-refractivity contribution in [1.82, 2.24) is 9.78 Å². The summed E-state index contributed by atoms with van der Waals surface area (Å²) in [5.41, 5.74) is 5.07. The van der Waals surface area contributed by atoms with Gasteiger partial charge in [0.1, 0.15) is 0 Å². The van der Waals surface area contributed by atoms with Crippen molar-refractivity contribution >= 4 is 33.5 Å². The molecular weight excluding hydrogens is 422 g/mol. The number of rotatable bonds is 4. The van der Waals surface area contributed by atoms with Gasteiger partial charge < -0.3 is 10.1 Å². The van der Waals surface area contributed by atoms with E-state index in [4.69, 9.17) is 4.74 Å². The lowest BCUT2D eigenvalue weighted by Crippen LogP contribution is -2.14. The summed E-state index contributed by atoms with van der Waals surface area (Å²) in [6.07, 6.45) is 0. The van der Waals surface area contributed by atoms with E-state index in [1.807, 2.05) is 37.6 Å². The molecule has 0 unspecified atom stereocenters. The molecular formula is C21H20BrN3O3. The zero-order chi connectivity index (χ0) is 20.4. The standard InChI is InChI=1S/C21H20BrN3O3/c1-12-5-6-16(21(27)28-4)11-18(12)23-20(26)15-7-9-17(10-8-15)25-14(3)19(22)13(2)24-25/h5-11H,1-4H3,(H,23,26). The summed E-state index contributed by atoms with van der Waals surface area (Å²) < 4.78 is 7.52. The van der Waals surface area contributed by atoms with Crippen LogP contribution in [0.1, 0.15) is 37.7 Å². The maximum absolute atomic E-state index is 12.6. The summed E-state index contributed by atoms with van der Waals surface area (Å²) >= 11 is 3.52. The minimum atomic E-state index is -0.448. The fourth-order valence-electron chi connectivity index (χ4n) is 2.83. The predicted octanol–water partition coefficient (Wildman–Crippen LogP) is 4.60. The third-order valence-corrected chi connectivity index (χ3v) is 5.63. The van der Waals surface area contributed by atoms with E-state index in [2.05, 4.69) is 26.3 Å². The molecule has 0 fully saturated rings. The Hall–Kier alpha value is -2.93. The van der Waals surface area contributed by atoms with Crippen LogP contribution in [0.3, 0.4) is 0 Å². The van der Waals surface area contributed by atoms with Gasteiger partial charge in [-0.1, -0.05) is 6.07 Å². The van der Waals surface area contributed by atoms with Crippen LogP contribution in [0.2, 0.25) is 0 Å². The molecule has 0 radical (unpaired) electrons. The number of ether oxygens (including phenoxy) is 1. The Bertz CT molecular complexity index is 1060. The molecule has 1 amide bonds. The highest BCUT2D eigenvalue weighted by Gasteiger charge is 2.13. The van der Waals surface area contributed by atoms with Crippen molar-refractivity contribution < 1.29 is 14.3 Å². The monoisotopic (exact) mass is 441 g/mol. The van der Waals surface area contributed by atoms with Gasteiger partial charge >= 0.3 is 5.97 Å². The zero-order valence-corrected chi connectivity index (χ0v) is 17.6. The van der Waals surface area contributed by atoms with Crippen LogP contribution in [-0.2, 0) is 4.74 Å². The van der Waals surface area contributed by atoms with Gasteiger partial charge in [0.05, 0.1) is 34.2 Å². The molecule has 1 heterocycles. The number of nitrogens with zero attached hydrogens (tertiary/aromatic N) is 2. The van der Waals surface area contributed by atoms with Crippen LogP contribution < -0.4 is 5.32 Å². The number of carbonyl (C=O) groups is 2. The topological polar surface area (TPSA) is 73.2 Å². The first-order valence-corrected chi connectivity index (χ1v) is 9.43. The van der Waals surface area contributed by atoms with E-state index in [0.717, 1.165) is 27.1 Å². The molecule has 0 spiro atoms. The first kappa shape index (κ1) is 19.8. The SMILES string of the molecule is COC(=O)c1ccc(C)c(NC(=O)c2ccc(-n3nc(C)c(Br)c3C)cc2)c1. The third kappa shape index (κ3) is 3.84. The maximum atomic E-state index is 12.6. The van der Waals surface area contributed by atoms with Crippen LogP contribution in [0.25, 0.3) is 5.69 Å². The molecule has 0 saturated carbocycles. The second kappa shape index (κ2) is 7.98. The quantitative estimate of drug-likeness (QED) is 0.600. The number of nitrogens with one attached hydrogen (secondary N) is 1. The summed E-state index contributed by atoms with van der Waals surface area (Å²) in [5.74, 6) is -0.706. The number of benzene rings is 2.